The summed E-state index contributed by atoms with van der Waals surface area (Å²) in [5.74, 6) is -2.51. The van der Waals surface area contributed by atoms with Crippen molar-refractivity contribution in [3.63, 3.8) is 0 Å². The van der Waals surface area contributed by atoms with Crippen LogP contribution < -0.4 is 5.32 Å². The number of rotatable bonds is 5. The minimum Gasteiger partial charge on any atom is -0.480 e. The fourth-order valence-electron chi connectivity index (χ4n) is 0.864. The molecule has 0 heterocycles. The zero-order valence-electron chi connectivity index (χ0n) is 8.56. The number of aliphatic carboxylic acids is 2. The van der Waals surface area contributed by atoms with Gasteiger partial charge in [-0.1, -0.05) is 0 Å². The highest BCUT2D eigenvalue weighted by atomic mass is 16.4. The number of carboxylic acid groups (broad SMARTS) is 2. The van der Waals surface area contributed by atoms with Crippen LogP contribution in [0.2, 0.25) is 0 Å². The smallest absolute Gasteiger partial charge is 0.323 e. The van der Waals surface area contributed by atoms with Crippen molar-refractivity contribution in [2.75, 3.05) is 13.1 Å². The molecule has 0 aromatic heterocycles. The quantitative estimate of drug-likeness (QED) is 0.580. The van der Waals surface area contributed by atoms with Gasteiger partial charge in [-0.05, 0) is 13.8 Å². The topological polar surface area (TPSA) is 107 Å². The van der Waals surface area contributed by atoms with Crippen LogP contribution in [0.25, 0.3) is 0 Å². The summed E-state index contributed by atoms with van der Waals surface area (Å²) in [4.78, 5) is 32.8. The Bertz CT molecular complexity index is 248. The SMILES string of the molecule is CC(C)NC(=O)N(CC(=O)O)CC(=O)O. The van der Waals surface area contributed by atoms with E-state index in [9.17, 15) is 14.4 Å². The van der Waals surface area contributed by atoms with Gasteiger partial charge in [-0.3, -0.25) is 9.59 Å². The molecule has 15 heavy (non-hydrogen) atoms. The average molecular weight is 218 g/mol. The van der Waals surface area contributed by atoms with Gasteiger partial charge in [0.15, 0.2) is 0 Å². The van der Waals surface area contributed by atoms with Crippen molar-refractivity contribution in [2.45, 2.75) is 19.9 Å². The van der Waals surface area contributed by atoms with Crippen LogP contribution in [-0.4, -0.2) is 52.2 Å². The molecule has 0 aliphatic carbocycles. The monoisotopic (exact) mass is 218 g/mol. The van der Waals surface area contributed by atoms with E-state index in [1.165, 1.54) is 0 Å². The highest BCUT2D eigenvalue weighted by molar-refractivity contribution is 5.84. The molecule has 0 rings (SSSR count). The van der Waals surface area contributed by atoms with E-state index >= 15 is 0 Å². The molecule has 3 N–H and O–H groups in total. The average Bonchev–Trinajstić information content (AvgIpc) is 1.99. The lowest BCUT2D eigenvalue weighted by Gasteiger charge is -2.20. The number of amides is 2. The normalized spacial score (nSPS) is 9.80. The molecule has 0 spiro atoms. The van der Waals surface area contributed by atoms with E-state index in [4.69, 9.17) is 10.2 Å². The first-order chi connectivity index (χ1) is 6.82. The Balaban J connectivity index is 4.40. The fraction of sp³-hybridized carbons (Fsp3) is 0.625. The number of hydrogen-bond donors (Lipinski definition) is 3. The van der Waals surface area contributed by atoms with Gasteiger partial charge >= 0.3 is 18.0 Å². The Morgan fingerprint density at radius 2 is 1.53 bits per heavy atom. The molecule has 7 nitrogen and oxygen atoms in total. The molecule has 0 unspecified atom stereocenters. The molecule has 0 aliphatic rings. The molecule has 0 saturated heterocycles. The summed E-state index contributed by atoms with van der Waals surface area (Å²) < 4.78 is 0. The van der Waals surface area contributed by atoms with Crippen LogP contribution in [0, 0.1) is 0 Å². The minimum atomic E-state index is -1.25. The van der Waals surface area contributed by atoms with E-state index in [1.54, 1.807) is 13.8 Å². The molecule has 0 aromatic rings. The van der Waals surface area contributed by atoms with Crippen molar-refractivity contribution in [2.24, 2.45) is 0 Å². The van der Waals surface area contributed by atoms with E-state index in [-0.39, 0.29) is 6.04 Å². The predicted molar refractivity (Wildman–Crippen MR) is 50.5 cm³/mol. The zero-order valence-corrected chi connectivity index (χ0v) is 8.56. The number of urea groups is 1. The largest absolute Gasteiger partial charge is 0.480 e. The van der Waals surface area contributed by atoms with Gasteiger partial charge in [0.25, 0.3) is 0 Å². The minimum absolute atomic E-state index is 0.178. The summed E-state index contributed by atoms with van der Waals surface area (Å²) in [5, 5.41) is 19.3. The molecule has 0 atom stereocenters. The van der Waals surface area contributed by atoms with E-state index in [0.29, 0.717) is 4.90 Å². The number of nitrogens with one attached hydrogen (secondary N) is 1. The second-order valence-electron chi connectivity index (χ2n) is 3.25. The van der Waals surface area contributed by atoms with Gasteiger partial charge in [0.05, 0.1) is 0 Å². The number of carboxylic acids is 2. The number of carbonyl (C=O) groups is 3. The first-order valence-electron chi connectivity index (χ1n) is 4.32. The lowest BCUT2D eigenvalue weighted by Crippen LogP contribution is -2.47. The van der Waals surface area contributed by atoms with Crippen molar-refractivity contribution in [1.29, 1.82) is 0 Å². The number of carbonyl (C=O) groups excluding carboxylic acids is 1. The fourth-order valence-corrected chi connectivity index (χ4v) is 0.864. The number of hydrogen-bond acceptors (Lipinski definition) is 3. The zero-order chi connectivity index (χ0) is 12.0. The second kappa shape index (κ2) is 5.84. The van der Waals surface area contributed by atoms with Crippen molar-refractivity contribution in [3.05, 3.63) is 0 Å². The summed E-state index contributed by atoms with van der Waals surface area (Å²) in [6.07, 6.45) is 0. The molecule has 0 bridgehead atoms. The van der Waals surface area contributed by atoms with Crippen LogP contribution in [0.3, 0.4) is 0 Å². The Morgan fingerprint density at radius 1 is 1.13 bits per heavy atom. The summed E-state index contributed by atoms with van der Waals surface area (Å²) in [7, 11) is 0. The van der Waals surface area contributed by atoms with Gasteiger partial charge in [-0.15, -0.1) is 0 Å². The van der Waals surface area contributed by atoms with E-state index in [0.717, 1.165) is 0 Å². The van der Waals surface area contributed by atoms with Gasteiger partial charge in [0.1, 0.15) is 13.1 Å². The first kappa shape index (κ1) is 13.2. The highest BCUT2D eigenvalue weighted by Crippen LogP contribution is 1.91. The van der Waals surface area contributed by atoms with Gasteiger partial charge < -0.3 is 20.4 Å². The molecule has 0 saturated carbocycles. The highest BCUT2D eigenvalue weighted by Gasteiger charge is 2.19. The van der Waals surface area contributed by atoms with Crippen molar-refractivity contribution < 1.29 is 24.6 Å². The maximum absolute atomic E-state index is 11.3. The van der Waals surface area contributed by atoms with Crippen molar-refractivity contribution in [1.82, 2.24) is 10.2 Å². The molecular formula is C8H14N2O5. The van der Waals surface area contributed by atoms with Gasteiger partial charge in [0, 0.05) is 6.04 Å². The summed E-state index contributed by atoms with van der Waals surface area (Å²) in [6, 6.07) is -0.877. The number of nitrogens with zero attached hydrogens (tertiary/aromatic N) is 1. The first-order valence-corrected chi connectivity index (χ1v) is 4.32. The van der Waals surface area contributed by atoms with E-state index in [2.05, 4.69) is 5.32 Å². The van der Waals surface area contributed by atoms with Crippen LogP contribution in [-0.2, 0) is 9.59 Å². The van der Waals surface area contributed by atoms with Gasteiger partial charge in [0.2, 0.25) is 0 Å². The Hall–Kier alpha value is -1.79. The molecule has 0 fully saturated rings. The molecule has 7 heteroatoms. The Morgan fingerprint density at radius 3 is 1.80 bits per heavy atom. The summed E-state index contributed by atoms with van der Waals surface area (Å²) >= 11 is 0. The van der Waals surface area contributed by atoms with Crippen LogP contribution in [0.1, 0.15) is 13.8 Å². The van der Waals surface area contributed by atoms with Crippen LogP contribution in [0.4, 0.5) is 4.79 Å². The maximum Gasteiger partial charge on any atom is 0.323 e. The molecular weight excluding hydrogens is 204 g/mol. The van der Waals surface area contributed by atoms with Crippen molar-refractivity contribution in [3.8, 4) is 0 Å². The van der Waals surface area contributed by atoms with Crippen LogP contribution >= 0.6 is 0 Å². The summed E-state index contributed by atoms with van der Waals surface area (Å²) in [5.41, 5.74) is 0. The standard InChI is InChI=1S/C8H14N2O5/c1-5(2)9-8(15)10(3-6(11)12)4-7(13)14/h5H,3-4H2,1-2H3,(H,9,15)(H,11,12)(H,13,14). The summed E-state index contributed by atoms with van der Waals surface area (Å²) in [6.45, 7) is 2.12. The third-order valence-corrected chi connectivity index (χ3v) is 1.35. The third-order valence-electron chi connectivity index (χ3n) is 1.35. The van der Waals surface area contributed by atoms with Gasteiger partial charge in [-0.25, -0.2) is 4.79 Å². The predicted octanol–water partition coefficient (Wildman–Crippen LogP) is -0.424. The van der Waals surface area contributed by atoms with Crippen LogP contribution in [0.5, 0.6) is 0 Å². The lowest BCUT2D eigenvalue weighted by atomic mass is 10.4. The van der Waals surface area contributed by atoms with Gasteiger partial charge in [-0.2, -0.15) is 0 Å². The van der Waals surface area contributed by atoms with E-state index < -0.39 is 31.1 Å². The molecule has 0 radical (unpaired) electrons. The maximum atomic E-state index is 11.3. The van der Waals surface area contributed by atoms with E-state index in [1.807, 2.05) is 0 Å². The Labute approximate surface area is 86.7 Å². The van der Waals surface area contributed by atoms with Crippen molar-refractivity contribution >= 4 is 18.0 Å². The molecule has 0 aromatic carbocycles. The second-order valence-corrected chi connectivity index (χ2v) is 3.25. The Kier molecular flexibility index (Phi) is 5.14. The van der Waals surface area contributed by atoms with Crippen LogP contribution in [0.15, 0.2) is 0 Å². The molecule has 2 amide bonds. The lowest BCUT2D eigenvalue weighted by molar-refractivity contribution is -0.140. The molecule has 86 valence electrons. The third kappa shape index (κ3) is 6.30. The molecule has 0 aliphatic heterocycles.